The lowest BCUT2D eigenvalue weighted by molar-refractivity contribution is -0.121. The third kappa shape index (κ3) is 3.21. The fourth-order valence-corrected chi connectivity index (χ4v) is 4.77. The molecule has 0 saturated carbocycles. The largest absolute Gasteiger partial charge is 0.357 e. The number of ether oxygens (including phenoxy) is 1. The van der Waals surface area contributed by atoms with E-state index in [1.807, 2.05) is 49.1 Å². The van der Waals surface area contributed by atoms with E-state index >= 15 is 0 Å². The van der Waals surface area contributed by atoms with Gasteiger partial charge in [-0.2, -0.15) is 10.4 Å². The van der Waals surface area contributed by atoms with Gasteiger partial charge in [0.2, 0.25) is 5.91 Å². The first-order chi connectivity index (χ1) is 15.4. The number of anilines is 2. The van der Waals surface area contributed by atoms with Gasteiger partial charge in [-0.1, -0.05) is 29.8 Å². The number of fused-ring (bicyclic) bond motifs is 1. The van der Waals surface area contributed by atoms with Gasteiger partial charge < -0.3 is 4.74 Å². The molecule has 0 bridgehead atoms. The van der Waals surface area contributed by atoms with Crippen molar-refractivity contribution in [2.75, 3.05) is 11.5 Å². The molecule has 162 valence electrons. The SMILES string of the molecule is CC1(C)C(=O)N(c2cccc(Cl)c2C#N)c2cc(-c3cnn(C4CCCCO4)c3)ccc21. The van der Waals surface area contributed by atoms with Crippen molar-refractivity contribution >= 4 is 28.9 Å². The van der Waals surface area contributed by atoms with Gasteiger partial charge in [0.05, 0.1) is 33.6 Å². The molecule has 2 aromatic carbocycles. The number of halogens is 1. The highest BCUT2D eigenvalue weighted by molar-refractivity contribution is 6.32. The standard InChI is InChI=1S/C25H23ClN4O2/c1-25(2)19-10-9-16(17-14-28-29(15-17)23-8-3-4-11-32-23)12-22(19)30(24(25)31)21-7-5-6-20(26)18(21)13-27/h5-7,9-10,12,14-15,23H,3-4,8,11H2,1-2H3. The zero-order valence-electron chi connectivity index (χ0n) is 18.0. The Bertz CT molecular complexity index is 1250. The molecule has 3 aromatic rings. The lowest BCUT2D eigenvalue weighted by atomic mass is 9.85. The second-order valence-corrected chi connectivity index (χ2v) is 9.18. The molecule has 5 rings (SSSR count). The highest BCUT2D eigenvalue weighted by Gasteiger charge is 2.45. The summed E-state index contributed by atoms with van der Waals surface area (Å²) in [6.07, 6.45) is 6.95. The summed E-state index contributed by atoms with van der Waals surface area (Å²) >= 11 is 6.27. The average molecular weight is 447 g/mol. The molecule has 32 heavy (non-hydrogen) atoms. The number of hydrogen-bond acceptors (Lipinski definition) is 4. The molecule has 1 saturated heterocycles. The zero-order valence-corrected chi connectivity index (χ0v) is 18.8. The second kappa shape index (κ2) is 7.77. The van der Waals surface area contributed by atoms with Gasteiger partial charge in [0.15, 0.2) is 0 Å². The lowest BCUT2D eigenvalue weighted by Gasteiger charge is -2.22. The van der Waals surface area contributed by atoms with Crippen LogP contribution in [0.25, 0.3) is 11.1 Å². The summed E-state index contributed by atoms with van der Waals surface area (Å²) < 4.78 is 7.72. The third-order valence-corrected chi connectivity index (χ3v) is 6.69. The molecule has 1 fully saturated rings. The molecule has 1 unspecified atom stereocenters. The maximum atomic E-state index is 13.5. The third-order valence-electron chi connectivity index (χ3n) is 6.38. The predicted molar refractivity (Wildman–Crippen MR) is 123 cm³/mol. The Hall–Kier alpha value is -3.14. The quantitative estimate of drug-likeness (QED) is 0.515. The number of nitriles is 1. The summed E-state index contributed by atoms with van der Waals surface area (Å²) in [5.41, 5.74) is 3.64. The molecule has 2 aliphatic heterocycles. The average Bonchev–Trinajstić information content (AvgIpc) is 3.36. The van der Waals surface area contributed by atoms with E-state index in [-0.39, 0.29) is 12.1 Å². The smallest absolute Gasteiger partial charge is 0.241 e. The molecule has 1 amide bonds. The Labute approximate surface area is 192 Å². The van der Waals surface area contributed by atoms with Crippen LogP contribution in [0.15, 0.2) is 48.8 Å². The summed E-state index contributed by atoms with van der Waals surface area (Å²) in [5, 5.41) is 14.5. The molecule has 7 heteroatoms. The van der Waals surface area contributed by atoms with E-state index in [1.165, 1.54) is 0 Å². The zero-order chi connectivity index (χ0) is 22.5. The molecular formula is C25H23ClN4O2. The Morgan fingerprint density at radius 1 is 1.19 bits per heavy atom. The van der Waals surface area contributed by atoms with Crippen LogP contribution in [0.4, 0.5) is 11.4 Å². The van der Waals surface area contributed by atoms with E-state index in [2.05, 4.69) is 11.2 Å². The molecule has 0 radical (unpaired) electrons. The first-order valence-electron chi connectivity index (χ1n) is 10.8. The Balaban J connectivity index is 1.59. The van der Waals surface area contributed by atoms with Gasteiger partial charge in [-0.15, -0.1) is 0 Å². The van der Waals surface area contributed by atoms with E-state index < -0.39 is 5.41 Å². The number of benzene rings is 2. The monoisotopic (exact) mass is 446 g/mol. The van der Waals surface area contributed by atoms with Gasteiger partial charge in [-0.3, -0.25) is 9.69 Å². The van der Waals surface area contributed by atoms with Crippen LogP contribution in [0.3, 0.4) is 0 Å². The van der Waals surface area contributed by atoms with E-state index in [4.69, 9.17) is 16.3 Å². The molecule has 0 aliphatic carbocycles. The number of hydrogen-bond donors (Lipinski definition) is 0. The normalized spacial score (nSPS) is 19.6. The Morgan fingerprint density at radius 2 is 2.03 bits per heavy atom. The summed E-state index contributed by atoms with van der Waals surface area (Å²) in [6, 6.07) is 13.3. The number of rotatable bonds is 3. The van der Waals surface area contributed by atoms with Crippen molar-refractivity contribution in [2.24, 2.45) is 0 Å². The van der Waals surface area contributed by atoms with E-state index in [9.17, 15) is 10.1 Å². The van der Waals surface area contributed by atoms with Gasteiger partial charge in [0, 0.05) is 18.4 Å². The highest BCUT2D eigenvalue weighted by Crippen LogP contribution is 2.48. The van der Waals surface area contributed by atoms with Crippen LogP contribution in [0.1, 0.15) is 50.5 Å². The number of carbonyl (C=O) groups excluding carboxylic acids is 1. The highest BCUT2D eigenvalue weighted by atomic mass is 35.5. The minimum atomic E-state index is -0.719. The van der Waals surface area contributed by atoms with Crippen LogP contribution in [-0.4, -0.2) is 22.3 Å². The fraction of sp³-hybridized carbons (Fsp3) is 0.320. The van der Waals surface area contributed by atoms with Crippen molar-refractivity contribution in [3.05, 3.63) is 64.9 Å². The van der Waals surface area contributed by atoms with Crippen molar-refractivity contribution in [3.63, 3.8) is 0 Å². The van der Waals surface area contributed by atoms with Gasteiger partial charge in [0.1, 0.15) is 12.3 Å². The van der Waals surface area contributed by atoms with E-state index in [0.29, 0.717) is 16.3 Å². The molecule has 1 aromatic heterocycles. The fourth-order valence-electron chi connectivity index (χ4n) is 4.55. The summed E-state index contributed by atoms with van der Waals surface area (Å²) in [4.78, 5) is 15.1. The molecule has 1 atom stereocenters. The minimum Gasteiger partial charge on any atom is -0.357 e. The molecule has 2 aliphatic rings. The number of nitrogens with zero attached hydrogens (tertiary/aromatic N) is 4. The summed E-state index contributed by atoms with van der Waals surface area (Å²) in [6.45, 7) is 4.57. The van der Waals surface area contributed by atoms with Gasteiger partial charge in [0.25, 0.3) is 0 Å². The number of aromatic nitrogens is 2. The summed E-state index contributed by atoms with van der Waals surface area (Å²) in [7, 11) is 0. The molecule has 0 N–H and O–H groups in total. The minimum absolute atomic E-state index is 0.0337. The van der Waals surface area contributed by atoms with Crippen LogP contribution >= 0.6 is 11.6 Å². The van der Waals surface area contributed by atoms with Crippen molar-refractivity contribution in [1.82, 2.24) is 9.78 Å². The van der Waals surface area contributed by atoms with Crippen LogP contribution in [0.5, 0.6) is 0 Å². The van der Waals surface area contributed by atoms with Crippen molar-refractivity contribution in [1.29, 1.82) is 5.26 Å². The maximum Gasteiger partial charge on any atom is 0.241 e. The maximum absolute atomic E-state index is 13.5. The first-order valence-corrected chi connectivity index (χ1v) is 11.1. The van der Waals surface area contributed by atoms with Crippen molar-refractivity contribution in [3.8, 4) is 17.2 Å². The van der Waals surface area contributed by atoms with E-state index in [0.717, 1.165) is 48.2 Å². The first kappa shape index (κ1) is 20.7. The van der Waals surface area contributed by atoms with Gasteiger partial charge in [-0.25, -0.2) is 4.68 Å². The Kier molecular flexibility index (Phi) is 5.04. The van der Waals surface area contributed by atoms with Crippen LogP contribution in [0, 0.1) is 11.3 Å². The predicted octanol–water partition coefficient (Wildman–Crippen LogP) is 5.73. The number of amides is 1. The molecule has 0 spiro atoms. The van der Waals surface area contributed by atoms with Gasteiger partial charge in [-0.05, 0) is 62.4 Å². The van der Waals surface area contributed by atoms with Crippen molar-refractivity contribution in [2.45, 2.75) is 44.8 Å². The topological polar surface area (TPSA) is 71.2 Å². The van der Waals surface area contributed by atoms with Gasteiger partial charge >= 0.3 is 0 Å². The molecule has 6 nitrogen and oxygen atoms in total. The summed E-state index contributed by atoms with van der Waals surface area (Å²) in [5.74, 6) is -0.0882. The van der Waals surface area contributed by atoms with Crippen LogP contribution < -0.4 is 4.90 Å². The molecular weight excluding hydrogens is 424 g/mol. The lowest BCUT2D eigenvalue weighted by Crippen LogP contribution is -2.33. The second-order valence-electron chi connectivity index (χ2n) is 8.77. The Morgan fingerprint density at radius 3 is 2.78 bits per heavy atom. The van der Waals surface area contributed by atoms with Crippen LogP contribution in [-0.2, 0) is 14.9 Å². The number of carbonyl (C=O) groups is 1. The van der Waals surface area contributed by atoms with E-state index in [1.54, 1.807) is 23.1 Å². The van der Waals surface area contributed by atoms with Crippen LogP contribution in [0.2, 0.25) is 5.02 Å². The molecule has 3 heterocycles. The van der Waals surface area contributed by atoms with Crippen molar-refractivity contribution < 1.29 is 9.53 Å².